The average Bonchev–Trinajstić information content (AvgIpc) is 2.54. The molecule has 0 saturated carbocycles. The quantitative estimate of drug-likeness (QED) is 0.542. The molecule has 6 N–H and O–H groups in total. The van der Waals surface area contributed by atoms with Crippen molar-refractivity contribution in [2.75, 3.05) is 18.5 Å². The van der Waals surface area contributed by atoms with E-state index in [1.807, 2.05) is 6.92 Å². The number of nitrogens with two attached hydrogens (primary N) is 2. The van der Waals surface area contributed by atoms with Gasteiger partial charge in [-0.3, -0.25) is 9.59 Å². The van der Waals surface area contributed by atoms with Crippen molar-refractivity contribution >= 4 is 17.6 Å². The number of ether oxygens (including phenoxy) is 1. The molecule has 1 atom stereocenters. The van der Waals surface area contributed by atoms with E-state index in [0.717, 1.165) is 17.7 Å². The van der Waals surface area contributed by atoms with E-state index in [0.29, 0.717) is 0 Å². The van der Waals surface area contributed by atoms with Gasteiger partial charge < -0.3 is 26.6 Å². The van der Waals surface area contributed by atoms with Gasteiger partial charge in [0.05, 0.1) is 6.54 Å². The number of anilines is 1. The molecule has 0 aliphatic carbocycles. The van der Waals surface area contributed by atoms with Gasteiger partial charge in [0.25, 0.3) is 0 Å². The maximum absolute atomic E-state index is 10.8. The fourth-order valence-electron chi connectivity index (χ4n) is 2.14. The van der Waals surface area contributed by atoms with Crippen LogP contribution in [0.2, 0.25) is 0 Å². The number of nitrogens with one attached hydrogen (secondary N) is 1. The van der Waals surface area contributed by atoms with Crippen LogP contribution in [-0.4, -0.2) is 41.8 Å². The zero-order chi connectivity index (χ0) is 20.5. The summed E-state index contributed by atoms with van der Waals surface area (Å²) in [5.74, 6) is -1.25. The zero-order valence-electron chi connectivity index (χ0n) is 16.7. The summed E-state index contributed by atoms with van der Waals surface area (Å²) in [5, 5.41) is 11.9. The Kier molecular flexibility index (Phi) is 9.90. The second-order valence-electron chi connectivity index (χ2n) is 7.03. The summed E-state index contributed by atoms with van der Waals surface area (Å²) in [6.45, 7) is 11.5. The maximum atomic E-state index is 10.8. The Morgan fingerprint density at radius 1 is 1.31 bits per heavy atom. The Labute approximate surface area is 156 Å². The Morgan fingerprint density at radius 3 is 2.31 bits per heavy atom. The zero-order valence-corrected chi connectivity index (χ0v) is 16.7. The monoisotopic (exact) mass is 367 g/mol. The molecule has 26 heavy (non-hydrogen) atoms. The Hall–Kier alpha value is -2.12. The third-order valence-corrected chi connectivity index (χ3v) is 3.45. The van der Waals surface area contributed by atoms with Crippen molar-refractivity contribution in [2.24, 2.45) is 11.5 Å². The molecule has 0 fully saturated rings. The molecule has 0 aromatic heterocycles. The molecule has 7 heteroatoms. The van der Waals surface area contributed by atoms with Crippen LogP contribution >= 0.6 is 0 Å². The van der Waals surface area contributed by atoms with Crippen LogP contribution < -0.4 is 16.8 Å². The van der Waals surface area contributed by atoms with Gasteiger partial charge in [-0.15, -0.1) is 0 Å². The van der Waals surface area contributed by atoms with Crippen molar-refractivity contribution in [2.45, 2.75) is 59.5 Å². The first-order chi connectivity index (χ1) is 11.9. The third-order valence-electron chi connectivity index (χ3n) is 3.45. The Bertz CT molecular complexity index is 610. The lowest BCUT2D eigenvalue weighted by molar-refractivity contribution is -0.143. The van der Waals surface area contributed by atoms with Crippen LogP contribution in [0.15, 0.2) is 12.1 Å². The molecule has 1 aromatic carbocycles. The first-order valence-corrected chi connectivity index (χ1v) is 8.65. The predicted molar refractivity (Wildman–Crippen MR) is 104 cm³/mol. The summed E-state index contributed by atoms with van der Waals surface area (Å²) in [6, 6.07) is 3.60. The standard InChI is InChI=1S/C13H19NO2.C6H14N2O2/c1-5-11-7-8(2)6-9(3)12(11)14-10(4)13(15)16;1-6(2,8)4-10-5(9)3-7/h6-7,10,14H,5H2,1-4H3,(H,15,16);3-4,7-8H2,1-2H3/t10-;/m0./s1. The first kappa shape index (κ1) is 23.9. The maximum Gasteiger partial charge on any atom is 0.325 e. The molecule has 1 aromatic rings. The average molecular weight is 367 g/mol. The molecular formula is C19H33N3O4. The molecule has 0 saturated heterocycles. The van der Waals surface area contributed by atoms with Crippen LogP contribution in [0.3, 0.4) is 0 Å². The number of aliphatic carboxylic acids is 1. The number of aryl methyl sites for hydroxylation is 3. The van der Waals surface area contributed by atoms with Gasteiger partial charge in [0.15, 0.2) is 0 Å². The summed E-state index contributed by atoms with van der Waals surface area (Å²) in [5.41, 5.74) is 14.5. The van der Waals surface area contributed by atoms with Crippen LogP contribution in [0.25, 0.3) is 0 Å². The molecule has 0 heterocycles. The third kappa shape index (κ3) is 9.39. The summed E-state index contributed by atoms with van der Waals surface area (Å²) < 4.78 is 4.67. The van der Waals surface area contributed by atoms with Crippen molar-refractivity contribution < 1.29 is 19.4 Å². The molecule has 0 spiro atoms. The van der Waals surface area contributed by atoms with E-state index >= 15 is 0 Å². The second kappa shape index (κ2) is 10.8. The molecule has 0 unspecified atom stereocenters. The molecule has 1 rings (SSSR count). The van der Waals surface area contributed by atoms with E-state index in [-0.39, 0.29) is 13.2 Å². The van der Waals surface area contributed by atoms with Gasteiger partial charge in [-0.05, 0) is 52.2 Å². The van der Waals surface area contributed by atoms with Gasteiger partial charge in [0.2, 0.25) is 0 Å². The molecule has 0 aliphatic heterocycles. The first-order valence-electron chi connectivity index (χ1n) is 8.65. The van der Waals surface area contributed by atoms with E-state index in [4.69, 9.17) is 16.6 Å². The molecule has 0 amide bonds. The van der Waals surface area contributed by atoms with Crippen LogP contribution in [0, 0.1) is 13.8 Å². The summed E-state index contributed by atoms with van der Waals surface area (Å²) in [4.78, 5) is 21.3. The molecule has 0 bridgehead atoms. The molecular weight excluding hydrogens is 334 g/mol. The fourth-order valence-corrected chi connectivity index (χ4v) is 2.14. The van der Waals surface area contributed by atoms with Gasteiger partial charge in [-0.1, -0.05) is 24.6 Å². The number of carboxylic acid groups (broad SMARTS) is 1. The Balaban J connectivity index is 0.000000541. The van der Waals surface area contributed by atoms with Gasteiger partial charge in [-0.2, -0.15) is 0 Å². The highest BCUT2D eigenvalue weighted by Crippen LogP contribution is 2.24. The number of hydrogen-bond donors (Lipinski definition) is 4. The van der Waals surface area contributed by atoms with E-state index < -0.39 is 23.5 Å². The fraction of sp³-hybridized carbons (Fsp3) is 0.579. The lowest BCUT2D eigenvalue weighted by Gasteiger charge is -2.17. The molecule has 148 valence electrons. The Morgan fingerprint density at radius 2 is 1.88 bits per heavy atom. The van der Waals surface area contributed by atoms with Gasteiger partial charge >= 0.3 is 11.9 Å². The highest BCUT2D eigenvalue weighted by atomic mass is 16.5. The lowest BCUT2D eigenvalue weighted by Crippen LogP contribution is -2.39. The van der Waals surface area contributed by atoms with Crippen LogP contribution in [0.1, 0.15) is 44.4 Å². The van der Waals surface area contributed by atoms with Crippen molar-refractivity contribution in [3.8, 4) is 0 Å². The minimum atomic E-state index is -0.831. The number of carboxylic acids is 1. The summed E-state index contributed by atoms with van der Waals surface area (Å²) >= 11 is 0. The van der Waals surface area contributed by atoms with E-state index in [1.165, 1.54) is 11.1 Å². The van der Waals surface area contributed by atoms with Crippen molar-refractivity contribution in [3.05, 3.63) is 28.8 Å². The second-order valence-corrected chi connectivity index (χ2v) is 7.03. The largest absolute Gasteiger partial charge is 0.480 e. The molecule has 0 aliphatic rings. The van der Waals surface area contributed by atoms with Gasteiger partial charge in [0.1, 0.15) is 12.6 Å². The minimum Gasteiger partial charge on any atom is -0.480 e. The molecule has 7 nitrogen and oxygen atoms in total. The van der Waals surface area contributed by atoms with Crippen molar-refractivity contribution in [3.63, 3.8) is 0 Å². The van der Waals surface area contributed by atoms with Crippen molar-refractivity contribution in [1.82, 2.24) is 0 Å². The highest BCUT2D eigenvalue weighted by molar-refractivity contribution is 5.78. The van der Waals surface area contributed by atoms with Gasteiger partial charge in [-0.25, -0.2) is 0 Å². The number of rotatable bonds is 7. The summed E-state index contributed by atoms with van der Waals surface area (Å²) in [7, 11) is 0. The number of carbonyl (C=O) groups is 2. The topological polar surface area (TPSA) is 128 Å². The van der Waals surface area contributed by atoms with Crippen LogP contribution in [0.5, 0.6) is 0 Å². The van der Waals surface area contributed by atoms with Crippen molar-refractivity contribution in [1.29, 1.82) is 0 Å². The number of esters is 1. The summed E-state index contributed by atoms with van der Waals surface area (Å²) in [6.07, 6.45) is 0.900. The number of hydrogen-bond acceptors (Lipinski definition) is 6. The number of carbonyl (C=O) groups excluding carboxylic acids is 1. The van der Waals surface area contributed by atoms with Gasteiger partial charge in [0, 0.05) is 11.2 Å². The smallest absolute Gasteiger partial charge is 0.325 e. The van der Waals surface area contributed by atoms with E-state index in [9.17, 15) is 9.59 Å². The highest BCUT2D eigenvalue weighted by Gasteiger charge is 2.14. The normalized spacial score (nSPS) is 11.8. The minimum absolute atomic E-state index is 0.0872. The van der Waals surface area contributed by atoms with E-state index in [1.54, 1.807) is 20.8 Å². The molecule has 0 radical (unpaired) electrons. The van der Waals surface area contributed by atoms with E-state index in [2.05, 4.69) is 36.0 Å². The predicted octanol–water partition coefficient (Wildman–Crippen LogP) is 1.98. The van der Waals surface area contributed by atoms with Crippen LogP contribution in [-0.2, 0) is 20.7 Å². The lowest BCUT2D eigenvalue weighted by atomic mass is 10.0. The SMILES string of the molecule is CC(C)(N)COC(=O)CN.CCc1cc(C)cc(C)c1N[C@@H](C)C(=O)O. The van der Waals surface area contributed by atoms with Crippen LogP contribution in [0.4, 0.5) is 5.69 Å². The number of benzene rings is 1.